The van der Waals surface area contributed by atoms with Gasteiger partial charge in [0.1, 0.15) is 5.75 Å². The number of ether oxygens (including phenoxy) is 1. The molecule has 5 heteroatoms. The van der Waals surface area contributed by atoms with Gasteiger partial charge in [-0.15, -0.1) is 0 Å². The molecule has 0 heterocycles. The zero-order chi connectivity index (χ0) is 19.8. The topological polar surface area (TPSA) is 49.4 Å². The Kier molecular flexibility index (Phi) is 12.7. The predicted octanol–water partition coefficient (Wildman–Crippen LogP) is 3.38. The fraction of sp³-hybridized carbons (Fsp3) is 0.727. The van der Waals surface area contributed by atoms with Crippen molar-refractivity contribution in [2.75, 3.05) is 6.61 Å². The Labute approximate surface area is 191 Å². The van der Waals surface area contributed by atoms with Crippen LogP contribution in [0.1, 0.15) is 92.1 Å². The van der Waals surface area contributed by atoms with E-state index in [0.29, 0.717) is 12.4 Å². The van der Waals surface area contributed by atoms with Crippen LogP contribution in [0.5, 0.6) is 5.75 Å². The maximum atomic E-state index is 11.7. The van der Waals surface area contributed by atoms with E-state index in [9.17, 15) is 8.76 Å². The van der Waals surface area contributed by atoms with Crippen LogP contribution < -0.4 is 34.3 Å². The Balaban J connectivity index is 0.00000676. The molecular formula is C22H37NaO3S. The van der Waals surface area contributed by atoms with Crippen molar-refractivity contribution in [2.45, 2.75) is 96.8 Å². The summed E-state index contributed by atoms with van der Waals surface area (Å²) in [6.45, 7) is 13.7. The van der Waals surface area contributed by atoms with Crippen LogP contribution in [0.15, 0.2) is 23.1 Å². The minimum Gasteiger partial charge on any atom is -0.768 e. The van der Waals surface area contributed by atoms with Crippen LogP contribution in [0.2, 0.25) is 0 Å². The van der Waals surface area contributed by atoms with Crippen LogP contribution in [0.25, 0.3) is 0 Å². The van der Waals surface area contributed by atoms with E-state index in [0.717, 1.165) is 24.8 Å². The van der Waals surface area contributed by atoms with Crippen LogP contribution in [0, 0.1) is 5.41 Å². The van der Waals surface area contributed by atoms with Gasteiger partial charge in [0.25, 0.3) is 0 Å². The van der Waals surface area contributed by atoms with Crippen molar-refractivity contribution in [1.29, 1.82) is 0 Å². The van der Waals surface area contributed by atoms with Crippen molar-refractivity contribution in [3.8, 4) is 5.75 Å². The first kappa shape index (κ1) is 27.1. The van der Waals surface area contributed by atoms with E-state index in [1.54, 1.807) is 6.07 Å². The molecule has 150 valence electrons. The Hall–Kier alpha value is 0.130. The molecule has 0 spiro atoms. The number of rotatable bonds is 11. The average Bonchev–Trinajstić information content (AvgIpc) is 2.51. The van der Waals surface area contributed by atoms with E-state index in [2.05, 4.69) is 41.5 Å². The van der Waals surface area contributed by atoms with Gasteiger partial charge in [-0.25, -0.2) is 0 Å². The van der Waals surface area contributed by atoms with Crippen molar-refractivity contribution >= 4 is 11.1 Å². The number of hydrogen-bond acceptors (Lipinski definition) is 3. The predicted molar refractivity (Wildman–Crippen MR) is 110 cm³/mol. The third kappa shape index (κ3) is 10.5. The molecule has 0 amide bonds. The SMILES string of the molecule is CCCCCCCCOc1ccc(C(C)(C)CC(C)(C)C)cc1S(=O)[O-].[Na+]. The number of hydrogen-bond donors (Lipinski definition) is 0. The van der Waals surface area contributed by atoms with Crippen molar-refractivity contribution < 1.29 is 43.1 Å². The van der Waals surface area contributed by atoms with E-state index in [-0.39, 0.29) is 45.3 Å². The van der Waals surface area contributed by atoms with E-state index >= 15 is 0 Å². The summed E-state index contributed by atoms with van der Waals surface area (Å²) in [5.74, 6) is 0.474. The summed E-state index contributed by atoms with van der Waals surface area (Å²) in [4.78, 5) is 0.274. The van der Waals surface area contributed by atoms with Crippen molar-refractivity contribution in [3.63, 3.8) is 0 Å². The number of unbranched alkanes of at least 4 members (excludes halogenated alkanes) is 5. The fourth-order valence-electron chi connectivity index (χ4n) is 3.67. The fourth-order valence-corrected chi connectivity index (χ4v) is 4.19. The van der Waals surface area contributed by atoms with Gasteiger partial charge in [0, 0.05) is 0 Å². The summed E-state index contributed by atoms with van der Waals surface area (Å²) in [7, 11) is 0. The molecule has 1 aromatic rings. The molecule has 0 N–H and O–H groups in total. The Bertz CT molecular complexity index is 579. The summed E-state index contributed by atoms with van der Waals surface area (Å²) in [6.07, 6.45) is 8.09. The first-order valence-corrected chi connectivity index (χ1v) is 11.0. The monoisotopic (exact) mass is 404 g/mol. The largest absolute Gasteiger partial charge is 1.00 e. The maximum Gasteiger partial charge on any atom is 1.00 e. The van der Waals surface area contributed by atoms with Crippen LogP contribution in [0.3, 0.4) is 0 Å². The molecule has 0 aliphatic heterocycles. The quantitative estimate of drug-likeness (QED) is 0.323. The second-order valence-electron chi connectivity index (χ2n) is 9.13. The summed E-state index contributed by atoms with van der Waals surface area (Å²) in [6, 6.07) is 5.62. The molecule has 1 unspecified atom stereocenters. The first-order valence-electron chi connectivity index (χ1n) is 9.93. The van der Waals surface area contributed by atoms with Gasteiger partial charge in [-0.05, 0) is 52.4 Å². The zero-order valence-corrected chi connectivity index (χ0v) is 21.3. The summed E-state index contributed by atoms with van der Waals surface area (Å²) in [5.41, 5.74) is 1.12. The molecule has 0 saturated heterocycles. The minimum absolute atomic E-state index is 0. The molecule has 0 aliphatic carbocycles. The summed E-state index contributed by atoms with van der Waals surface area (Å²) >= 11 is -2.30. The Morgan fingerprint density at radius 2 is 1.59 bits per heavy atom. The van der Waals surface area contributed by atoms with E-state index in [1.165, 1.54) is 25.7 Å². The van der Waals surface area contributed by atoms with Gasteiger partial charge in [-0.3, -0.25) is 4.21 Å². The molecule has 0 aromatic heterocycles. The van der Waals surface area contributed by atoms with Crippen molar-refractivity contribution in [2.24, 2.45) is 5.41 Å². The normalized spacial score (nSPS) is 13.1. The third-order valence-corrected chi connectivity index (χ3v) is 5.31. The molecule has 0 fully saturated rings. The van der Waals surface area contributed by atoms with Crippen LogP contribution >= 0.6 is 0 Å². The molecular weight excluding hydrogens is 367 g/mol. The van der Waals surface area contributed by atoms with Gasteiger partial charge in [-0.1, -0.05) is 79.7 Å². The van der Waals surface area contributed by atoms with Gasteiger partial charge in [-0.2, -0.15) is 0 Å². The Morgan fingerprint density at radius 1 is 1.00 bits per heavy atom. The average molecular weight is 405 g/mol. The summed E-state index contributed by atoms with van der Waals surface area (Å²) < 4.78 is 29.2. The van der Waals surface area contributed by atoms with E-state index in [1.807, 2.05) is 12.1 Å². The smallest absolute Gasteiger partial charge is 0.768 e. The van der Waals surface area contributed by atoms with Crippen molar-refractivity contribution in [3.05, 3.63) is 23.8 Å². The molecule has 27 heavy (non-hydrogen) atoms. The minimum atomic E-state index is -2.30. The second kappa shape index (κ2) is 12.6. The molecule has 3 nitrogen and oxygen atoms in total. The molecule has 1 aromatic carbocycles. The molecule has 1 atom stereocenters. The second-order valence-corrected chi connectivity index (χ2v) is 10.0. The number of benzene rings is 1. The summed E-state index contributed by atoms with van der Waals surface area (Å²) in [5, 5.41) is 0. The van der Waals surface area contributed by atoms with E-state index in [4.69, 9.17) is 4.74 Å². The van der Waals surface area contributed by atoms with Crippen molar-refractivity contribution in [1.82, 2.24) is 0 Å². The van der Waals surface area contributed by atoms with E-state index < -0.39 is 11.1 Å². The van der Waals surface area contributed by atoms with Crippen LogP contribution in [-0.2, 0) is 16.5 Å². The van der Waals surface area contributed by atoms with Gasteiger partial charge in [0.15, 0.2) is 0 Å². The standard InChI is InChI=1S/C22H38O3S.Na/c1-7-8-9-10-11-12-15-25-19-14-13-18(16-20(19)26(23)24)22(5,6)17-21(2,3)4;/h13-14,16H,7-12,15,17H2,1-6H3,(H,23,24);/q;+1/p-1. The zero-order valence-electron chi connectivity index (χ0n) is 18.5. The Morgan fingerprint density at radius 3 is 2.15 bits per heavy atom. The van der Waals surface area contributed by atoms with Crippen LogP contribution in [0.4, 0.5) is 0 Å². The third-order valence-electron chi connectivity index (χ3n) is 4.63. The molecule has 0 saturated carbocycles. The first-order chi connectivity index (χ1) is 12.1. The molecule has 0 radical (unpaired) electrons. The van der Waals surface area contributed by atoms with Gasteiger partial charge in [0.05, 0.1) is 11.5 Å². The van der Waals surface area contributed by atoms with Gasteiger partial charge >= 0.3 is 29.6 Å². The molecule has 0 bridgehead atoms. The molecule has 0 aliphatic rings. The van der Waals surface area contributed by atoms with Gasteiger partial charge < -0.3 is 9.29 Å². The maximum absolute atomic E-state index is 11.7. The van der Waals surface area contributed by atoms with Gasteiger partial charge in [0.2, 0.25) is 0 Å². The molecule has 1 rings (SSSR count). The van der Waals surface area contributed by atoms with Crippen LogP contribution in [-0.4, -0.2) is 15.4 Å².